The number of hydrogen-bond acceptors (Lipinski definition) is 5. The molecule has 4 heterocycles. The Kier molecular flexibility index (Phi) is 6.27. The molecule has 2 aliphatic heterocycles. The third-order valence-electron chi connectivity index (χ3n) is 6.67. The summed E-state index contributed by atoms with van der Waals surface area (Å²) < 4.78 is 2.13. The summed E-state index contributed by atoms with van der Waals surface area (Å²) in [6, 6.07) is 2.09. The Labute approximate surface area is 179 Å². The highest BCUT2D eigenvalue weighted by Crippen LogP contribution is 2.28. The van der Waals surface area contributed by atoms with Gasteiger partial charge in [0.25, 0.3) is 5.56 Å². The highest BCUT2D eigenvalue weighted by Gasteiger charge is 2.26. The molecule has 1 unspecified atom stereocenters. The van der Waals surface area contributed by atoms with Gasteiger partial charge in [0.1, 0.15) is 0 Å². The zero-order valence-electron chi connectivity index (χ0n) is 18.9. The van der Waals surface area contributed by atoms with Crippen molar-refractivity contribution in [2.75, 3.05) is 31.1 Å². The van der Waals surface area contributed by atoms with E-state index in [0.29, 0.717) is 12.0 Å². The molecular weight excluding hydrogens is 376 g/mol. The van der Waals surface area contributed by atoms with Crippen LogP contribution in [-0.4, -0.2) is 50.8 Å². The molecule has 7 nitrogen and oxygen atoms in total. The van der Waals surface area contributed by atoms with Gasteiger partial charge < -0.3 is 4.90 Å². The maximum Gasteiger partial charge on any atom is 0.252 e. The van der Waals surface area contributed by atoms with E-state index >= 15 is 0 Å². The van der Waals surface area contributed by atoms with Crippen LogP contribution < -0.4 is 10.5 Å². The van der Waals surface area contributed by atoms with Crippen molar-refractivity contribution in [1.82, 2.24) is 24.6 Å². The van der Waals surface area contributed by atoms with E-state index in [1.54, 1.807) is 6.07 Å². The van der Waals surface area contributed by atoms with Gasteiger partial charge >= 0.3 is 0 Å². The Hall–Kier alpha value is -2.15. The van der Waals surface area contributed by atoms with Crippen molar-refractivity contribution >= 4 is 5.95 Å². The molecule has 0 amide bonds. The van der Waals surface area contributed by atoms with Crippen LogP contribution in [0.25, 0.3) is 0 Å². The molecule has 2 saturated heterocycles. The minimum atomic E-state index is -0.0254. The summed E-state index contributed by atoms with van der Waals surface area (Å²) in [5.74, 6) is 1.07. The average molecular weight is 413 g/mol. The van der Waals surface area contributed by atoms with Crippen LogP contribution in [0.5, 0.6) is 0 Å². The highest BCUT2D eigenvalue weighted by molar-refractivity contribution is 5.32. The predicted molar refractivity (Wildman–Crippen MR) is 120 cm³/mol. The minimum Gasteiger partial charge on any atom is -0.342 e. The van der Waals surface area contributed by atoms with Crippen LogP contribution in [0, 0.1) is 13.8 Å². The molecule has 4 rings (SSSR count). The number of hydrogen-bond donors (Lipinski definition) is 1. The van der Waals surface area contributed by atoms with Crippen LogP contribution in [0.1, 0.15) is 80.6 Å². The Bertz CT molecular complexity index is 924. The molecule has 1 N–H and O–H groups in total. The van der Waals surface area contributed by atoms with Gasteiger partial charge in [-0.15, -0.1) is 0 Å². The molecular formula is C23H36N6O. The molecule has 2 fully saturated rings. The third kappa shape index (κ3) is 4.46. The summed E-state index contributed by atoms with van der Waals surface area (Å²) in [5, 5.41) is 4.75. The van der Waals surface area contributed by atoms with E-state index in [2.05, 4.69) is 47.2 Å². The quantitative estimate of drug-likeness (QED) is 0.813. The molecule has 30 heavy (non-hydrogen) atoms. The number of aromatic amines is 1. The molecule has 2 aromatic heterocycles. The molecule has 164 valence electrons. The van der Waals surface area contributed by atoms with Gasteiger partial charge in [0.15, 0.2) is 0 Å². The number of H-pyrrole nitrogens is 1. The molecule has 1 atom stereocenters. The number of aryl methyl sites for hydroxylation is 1. The topological polar surface area (TPSA) is 70.1 Å². The fourth-order valence-electron chi connectivity index (χ4n) is 5.02. The first-order valence-electron chi connectivity index (χ1n) is 11.6. The van der Waals surface area contributed by atoms with Gasteiger partial charge in [-0.1, -0.05) is 0 Å². The van der Waals surface area contributed by atoms with Crippen molar-refractivity contribution in [2.24, 2.45) is 0 Å². The second kappa shape index (κ2) is 8.92. The van der Waals surface area contributed by atoms with Crippen molar-refractivity contribution < 1.29 is 0 Å². The summed E-state index contributed by atoms with van der Waals surface area (Å²) in [6.45, 7) is 13.6. The van der Waals surface area contributed by atoms with Gasteiger partial charge in [0, 0.05) is 55.5 Å². The second-order valence-corrected chi connectivity index (χ2v) is 9.30. The largest absolute Gasteiger partial charge is 0.342 e. The molecule has 0 aliphatic carbocycles. The number of nitrogens with one attached hydrogen (secondary N) is 1. The van der Waals surface area contributed by atoms with Crippen molar-refractivity contribution in [2.45, 2.75) is 78.3 Å². The van der Waals surface area contributed by atoms with E-state index in [1.165, 1.54) is 30.5 Å². The maximum atomic E-state index is 12.4. The molecule has 7 heteroatoms. The molecule has 2 aliphatic rings. The number of nitrogens with zero attached hydrogens (tertiary/aromatic N) is 5. The fourth-order valence-corrected chi connectivity index (χ4v) is 5.02. The number of rotatable bonds is 5. The Morgan fingerprint density at radius 3 is 2.60 bits per heavy atom. The molecule has 0 saturated carbocycles. The average Bonchev–Trinajstić information content (AvgIpc) is 3.03. The summed E-state index contributed by atoms with van der Waals surface area (Å²) in [4.78, 5) is 25.0. The molecule has 2 aromatic rings. The zero-order valence-corrected chi connectivity index (χ0v) is 18.9. The Morgan fingerprint density at radius 1 is 1.13 bits per heavy atom. The number of aromatic nitrogens is 4. The highest BCUT2D eigenvalue weighted by atomic mass is 16.1. The first-order valence-corrected chi connectivity index (χ1v) is 11.6. The van der Waals surface area contributed by atoms with E-state index in [4.69, 9.17) is 10.1 Å². The Balaban J connectivity index is 1.51. The molecule has 0 aromatic carbocycles. The van der Waals surface area contributed by atoms with Gasteiger partial charge in [-0.2, -0.15) is 5.10 Å². The van der Waals surface area contributed by atoms with Crippen LogP contribution in [0.2, 0.25) is 0 Å². The number of likely N-dealkylation sites (tertiary alicyclic amines) is 1. The van der Waals surface area contributed by atoms with E-state index in [0.717, 1.165) is 62.9 Å². The van der Waals surface area contributed by atoms with Crippen molar-refractivity contribution in [3.8, 4) is 0 Å². The van der Waals surface area contributed by atoms with E-state index < -0.39 is 0 Å². The van der Waals surface area contributed by atoms with Crippen LogP contribution in [0.4, 0.5) is 5.95 Å². The summed E-state index contributed by atoms with van der Waals surface area (Å²) >= 11 is 0. The normalized spacial score (nSPS) is 20.8. The lowest BCUT2D eigenvalue weighted by atomic mass is 9.94. The van der Waals surface area contributed by atoms with Gasteiger partial charge in [-0.05, 0) is 66.3 Å². The van der Waals surface area contributed by atoms with Gasteiger partial charge in [0.2, 0.25) is 5.95 Å². The monoisotopic (exact) mass is 412 g/mol. The molecule has 0 bridgehead atoms. The second-order valence-electron chi connectivity index (χ2n) is 9.30. The van der Waals surface area contributed by atoms with Gasteiger partial charge in [0.05, 0.1) is 11.4 Å². The van der Waals surface area contributed by atoms with Gasteiger partial charge in [-0.25, -0.2) is 4.98 Å². The van der Waals surface area contributed by atoms with Gasteiger partial charge in [-0.3, -0.25) is 19.4 Å². The third-order valence-corrected chi connectivity index (χ3v) is 6.67. The van der Waals surface area contributed by atoms with Crippen molar-refractivity contribution in [1.29, 1.82) is 0 Å². The fraction of sp³-hybridized carbons (Fsp3) is 0.696. The predicted octanol–water partition coefficient (Wildman–Crippen LogP) is 3.53. The molecule has 0 spiro atoms. The van der Waals surface area contributed by atoms with Crippen LogP contribution >= 0.6 is 0 Å². The van der Waals surface area contributed by atoms with Crippen LogP contribution in [0.15, 0.2) is 10.9 Å². The summed E-state index contributed by atoms with van der Waals surface area (Å²) in [7, 11) is 0. The standard InChI is InChI=1S/C23H36N6O/c1-16(2)29-18(4)20(17(3)26-29)15-27-10-8-9-19(14-27)21-13-22(30)25-23(24-21)28-11-6-5-7-12-28/h13,16,19H,5-12,14-15H2,1-4H3,(H,24,25,30). The van der Waals surface area contributed by atoms with E-state index in [9.17, 15) is 4.79 Å². The maximum absolute atomic E-state index is 12.4. The summed E-state index contributed by atoms with van der Waals surface area (Å²) in [5.41, 5.74) is 4.67. The Morgan fingerprint density at radius 2 is 1.90 bits per heavy atom. The van der Waals surface area contributed by atoms with Crippen LogP contribution in [0.3, 0.4) is 0 Å². The lowest BCUT2D eigenvalue weighted by Crippen LogP contribution is -2.36. The number of piperidine rings is 2. The minimum absolute atomic E-state index is 0.0254. The first kappa shape index (κ1) is 21.1. The molecule has 0 radical (unpaired) electrons. The van der Waals surface area contributed by atoms with E-state index in [1.807, 2.05) is 0 Å². The van der Waals surface area contributed by atoms with Crippen molar-refractivity contribution in [3.63, 3.8) is 0 Å². The first-order chi connectivity index (χ1) is 14.4. The SMILES string of the molecule is Cc1nn(C(C)C)c(C)c1CN1CCCC(c2cc(=O)[nH]c(N3CCCCC3)n2)C1. The zero-order chi connectivity index (χ0) is 21.3. The smallest absolute Gasteiger partial charge is 0.252 e. The summed E-state index contributed by atoms with van der Waals surface area (Å²) in [6.07, 6.45) is 5.84. The lowest BCUT2D eigenvalue weighted by Gasteiger charge is -2.33. The lowest BCUT2D eigenvalue weighted by molar-refractivity contribution is 0.197. The number of anilines is 1. The van der Waals surface area contributed by atoms with E-state index in [-0.39, 0.29) is 5.56 Å². The van der Waals surface area contributed by atoms with Crippen molar-refractivity contribution in [3.05, 3.63) is 39.1 Å². The van der Waals surface area contributed by atoms with Crippen LogP contribution in [-0.2, 0) is 6.54 Å².